The number of hydrogen-bond donors (Lipinski definition) is 0. The molecule has 0 unspecified atom stereocenters. The number of rotatable bonds is 3. The van der Waals surface area contributed by atoms with Crippen molar-refractivity contribution < 1.29 is 9.13 Å². The Hall–Kier alpha value is -1.61. The minimum Gasteiger partial charge on any atom is -0.497 e. The lowest BCUT2D eigenvalue weighted by Gasteiger charge is -2.05. The van der Waals surface area contributed by atoms with Gasteiger partial charge in [-0.2, -0.15) is 0 Å². The minimum absolute atomic E-state index is 0.277. The van der Waals surface area contributed by atoms with Crippen molar-refractivity contribution in [1.82, 2.24) is 0 Å². The summed E-state index contributed by atoms with van der Waals surface area (Å²) in [6.45, 7) is 0. The van der Waals surface area contributed by atoms with Crippen LogP contribution in [0.1, 0.15) is 11.1 Å². The SMILES string of the molecule is COc1ccc(/C(Br)=C(\F)c2ccccc2)cc1. The van der Waals surface area contributed by atoms with Crippen LogP contribution in [0, 0.1) is 0 Å². The second-order valence-corrected chi connectivity index (χ2v) is 4.52. The van der Waals surface area contributed by atoms with Gasteiger partial charge in [0.2, 0.25) is 0 Å². The fraction of sp³-hybridized carbons (Fsp3) is 0.0667. The molecule has 0 bridgehead atoms. The predicted molar refractivity (Wildman–Crippen MR) is 76.3 cm³/mol. The summed E-state index contributed by atoms with van der Waals surface area (Å²) < 4.78 is 19.7. The van der Waals surface area contributed by atoms with Crippen molar-refractivity contribution in [3.63, 3.8) is 0 Å². The summed E-state index contributed by atoms with van der Waals surface area (Å²) in [4.78, 5) is 0. The standard InChI is InChI=1S/C15H12BrFO/c1-18-13-9-7-11(8-10-13)14(16)15(17)12-5-3-2-4-6-12/h2-10H,1H3/b15-14+. The fourth-order valence-corrected chi connectivity index (χ4v) is 2.07. The first kappa shape index (κ1) is 12.8. The van der Waals surface area contributed by atoms with E-state index in [9.17, 15) is 4.39 Å². The summed E-state index contributed by atoms with van der Waals surface area (Å²) in [6, 6.07) is 16.2. The molecule has 0 aliphatic rings. The lowest BCUT2D eigenvalue weighted by atomic mass is 10.1. The van der Waals surface area contributed by atoms with E-state index in [1.165, 1.54) is 0 Å². The summed E-state index contributed by atoms with van der Waals surface area (Å²) in [5, 5.41) is 0. The van der Waals surface area contributed by atoms with Crippen LogP contribution in [0.15, 0.2) is 54.6 Å². The third-order valence-electron chi connectivity index (χ3n) is 2.56. The highest BCUT2D eigenvalue weighted by Crippen LogP contribution is 2.32. The maximum Gasteiger partial charge on any atom is 0.145 e. The molecular formula is C15H12BrFO. The molecule has 0 aromatic heterocycles. The Morgan fingerprint density at radius 3 is 2.11 bits per heavy atom. The first-order chi connectivity index (χ1) is 8.72. The molecule has 2 rings (SSSR count). The molecule has 0 heterocycles. The van der Waals surface area contributed by atoms with Crippen molar-refractivity contribution in [2.24, 2.45) is 0 Å². The van der Waals surface area contributed by atoms with Crippen LogP contribution in [0.25, 0.3) is 10.3 Å². The Kier molecular flexibility index (Phi) is 4.15. The smallest absolute Gasteiger partial charge is 0.145 e. The molecular weight excluding hydrogens is 295 g/mol. The van der Waals surface area contributed by atoms with E-state index in [0.717, 1.165) is 11.3 Å². The van der Waals surface area contributed by atoms with E-state index in [1.54, 1.807) is 31.4 Å². The van der Waals surface area contributed by atoms with E-state index >= 15 is 0 Å². The van der Waals surface area contributed by atoms with Gasteiger partial charge >= 0.3 is 0 Å². The van der Waals surface area contributed by atoms with Gasteiger partial charge in [0.1, 0.15) is 11.6 Å². The number of benzene rings is 2. The number of halogens is 2. The van der Waals surface area contributed by atoms with Crippen LogP contribution in [-0.4, -0.2) is 7.11 Å². The second-order valence-electron chi connectivity index (χ2n) is 3.72. The molecule has 0 saturated carbocycles. The zero-order valence-corrected chi connectivity index (χ0v) is 11.4. The lowest BCUT2D eigenvalue weighted by Crippen LogP contribution is -1.85. The summed E-state index contributed by atoms with van der Waals surface area (Å²) >= 11 is 3.30. The molecule has 0 radical (unpaired) electrons. The van der Waals surface area contributed by atoms with Crippen LogP contribution < -0.4 is 4.74 Å². The van der Waals surface area contributed by atoms with Gasteiger partial charge in [-0.05, 0) is 33.6 Å². The first-order valence-electron chi connectivity index (χ1n) is 5.47. The molecule has 0 spiro atoms. The molecule has 92 valence electrons. The molecule has 3 heteroatoms. The molecule has 0 N–H and O–H groups in total. The van der Waals surface area contributed by atoms with Crippen LogP contribution >= 0.6 is 15.9 Å². The molecule has 0 atom stereocenters. The second kappa shape index (κ2) is 5.83. The van der Waals surface area contributed by atoms with E-state index in [4.69, 9.17) is 4.74 Å². The zero-order chi connectivity index (χ0) is 13.0. The molecule has 2 aromatic carbocycles. The molecule has 0 saturated heterocycles. The van der Waals surface area contributed by atoms with Gasteiger partial charge in [-0.25, -0.2) is 4.39 Å². The maximum absolute atomic E-state index is 14.2. The van der Waals surface area contributed by atoms with Gasteiger partial charge in [-0.15, -0.1) is 0 Å². The van der Waals surface area contributed by atoms with Gasteiger partial charge in [-0.1, -0.05) is 42.5 Å². The molecule has 0 amide bonds. The Labute approximate surface area is 114 Å². The summed E-state index contributed by atoms with van der Waals surface area (Å²) in [6.07, 6.45) is 0. The number of hydrogen-bond acceptors (Lipinski definition) is 1. The van der Waals surface area contributed by atoms with Gasteiger partial charge < -0.3 is 4.74 Å². The third kappa shape index (κ3) is 2.79. The van der Waals surface area contributed by atoms with Crippen molar-refractivity contribution in [2.75, 3.05) is 7.11 Å². The average molecular weight is 307 g/mol. The Morgan fingerprint density at radius 1 is 0.944 bits per heavy atom. The summed E-state index contributed by atoms with van der Waals surface area (Å²) in [5.74, 6) is 0.472. The Morgan fingerprint density at radius 2 is 1.56 bits per heavy atom. The van der Waals surface area contributed by atoms with Gasteiger partial charge in [0.05, 0.1) is 11.6 Å². The zero-order valence-electron chi connectivity index (χ0n) is 9.86. The van der Waals surface area contributed by atoms with Crippen molar-refractivity contribution in [3.05, 3.63) is 65.7 Å². The first-order valence-corrected chi connectivity index (χ1v) is 6.27. The molecule has 0 aliphatic heterocycles. The number of methoxy groups -OCH3 is 1. The van der Waals surface area contributed by atoms with Crippen molar-refractivity contribution in [1.29, 1.82) is 0 Å². The predicted octanol–water partition coefficient (Wildman–Crippen LogP) is 4.89. The highest BCUT2D eigenvalue weighted by atomic mass is 79.9. The van der Waals surface area contributed by atoms with E-state index in [0.29, 0.717) is 10.0 Å². The van der Waals surface area contributed by atoms with Crippen molar-refractivity contribution >= 4 is 26.2 Å². The molecule has 2 aromatic rings. The van der Waals surface area contributed by atoms with E-state index in [-0.39, 0.29) is 5.83 Å². The maximum atomic E-state index is 14.2. The third-order valence-corrected chi connectivity index (χ3v) is 3.37. The Bertz CT molecular complexity index is 546. The minimum atomic E-state index is -0.277. The average Bonchev–Trinajstić information content (AvgIpc) is 2.47. The highest BCUT2D eigenvalue weighted by Gasteiger charge is 2.08. The highest BCUT2D eigenvalue weighted by molar-refractivity contribution is 9.15. The van der Waals surface area contributed by atoms with Crippen LogP contribution in [-0.2, 0) is 0 Å². The lowest BCUT2D eigenvalue weighted by molar-refractivity contribution is 0.415. The summed E-state index contributed by atoms with van der Waals surface area (Å²) in [5.41, 5.74) is 1.33. The molecule has 0 aliphatic carbocycles. The van der Waals surface area contributed by atoms with Gasteiger partial charge in [-0.3, -0.25) is 0 Å². The quantitative estimate of drug-likeness (QED) is 0.734. The van der Waals surface area contributed by atoms with Gasteiger partial charge in [0.15, 0.2) is 0 Å². The van der Waals surface area contributed by atoms with Gasteiger partial charge in [0.25, 0.3) is 0 Å². The van der Waals surface area contributed by atoms with Crippen LogP contribution in [0.3, 0.4) is 0 Å². The van der Waals surface area contributed by atoms with Crippen LogP contribution in [0.2, 0.25) is 0 Å². The van der Waals surface area contributed by atoms with E-state index in [1.807, 2.05) is 30.3 Å². The molecule has 18 heavy (non-hydrogen) atoms. The monoisotopic (exact) mass is 306 g/mol. The largest absolute Gasteiger partial charge is 0.497 e. The molecule has 1 nitrogen and oxygen atoms in total. The van der Waals surface area contributed by atoms with Crippen LogP contribution in [0.5, 0.6) is 5.75 Å². The molecule has 0 fully saturated rings. The Balaban J connectivity index is 2.37. The van der Waals surface area contributed by atoms with E-state index < -0.39 is 0 Å². The van der Waals surface area contributed by atoms with Crippen LogP contribution in [0.4, 0.5) is 4.39 Å². The van der Waals surface area contributed by atoms with Crippen molar-refractivity contribution in [3.8, 4) is 5.75 Å². The van der Waals surface area contributed by atoms with Gasteiger partial charge in [0, 0.05) is 5.56 Å². The van der Waals surface area contributed by atoms with E-state index in [2.05, 4.69) is 15.9 Å². The fourth-order valence-electron chi connectivity index (χ4n) is 1.58. The summed E-state index contributed by atoms with van der Waals surface area (Å²) in [7, 11) is 1.60. The topological polar surface area (TPSA) is 9.23 Å². The van der Waals surface area contributed by atoms with Crippen molar-refractivity contribution in [2.45, 2.75) is 0 Å². The normalized spacial score (nSPS) is 11.9. The number of ether oxygens (including phenoxy) is 1.